The number of carbonyl (C=O) groups is 1. The van der Waals surface area contributed by atoms with Crippen LogP contribution in [0.2, 0.25) is 12.1 Å². The number of amides is 2. The summed E-state index contributed by atoms with van der Waals surface area (Å²) in [4.78, 5) is 10.6. The highest BCUT2D eigenvalue weighted by Gasteiger charge is 2.23. The number of nitrogens with two attached hydrogens (primary N) is 1. The highest BCUT2D eigenvalue weighted by Crippen LogP contribution is 2.19. The normalized spacial score (nSPS) is 27.2. The third-order valence-corrected chi connectivity index (χ3v) is 5.35. The molecule has 1 aliphatic rings. The first-order valence-electron chi connectivity index (χ1n) is 5.43. The van der Waals surface area contributed by atoms with Gasteiger partial charge in [-0.1, -0.05) is 19.8 Å². The van der Waals surface area contributed by atoms with Crippen molar-refractivity contribution >= 4 is 15.1 Å². The second-order valence-electron chi connectivity index (χ2n) is 3.83. The Labute approximate surface area is 86.9 Å². The average Bonchev–Trinajstić information content (AvgIpc) is 2.14. The first kappa shape index (κ1) is 11.5. The van der Waals surface area contributed by atoms with E-state index in [0.29, 0.717) is 0 Å². The number of rotatable bonds is 4. The van der Waals surface area contributed by atoms with Crippen molar-refractivity contribution in [3.05, 3.63) is 0 Å². The molecule has 2 unspecified atom stereocenters. The maximum Gasteiger partial charge on any atom is 0.314 e. The smallest absolute Gasteiger partial charge is 0.314 e. The fraction of sp³-hybridized carbons (Fsp3) is 0.889. The van der Waals surface area contributed by atoms with Gasteiger partial charge in [0.2, 0.25) is 0 Å². The molecule has 2 atom stereocenters. The van der Waals surface area contributed by atoms with Crippen LogP contribution >= 0.6 is 0 Å². The summed E-state index contributed by atoms with van der Waals surface area (Å²) in [6, 6.07) is 2.00. The van der Waals surface area contributed by atoms with Crippen molar-refractivity contribution in [1.29, 1.82) is 0 Å². The molecule has 4 nitrogen and oxygen atoms in total. The molecule has 1 fully saturated rings. The summed E-state index contributed by atoms with van der Waals surface area (Å²) in [7, 11) is -1.03. The van der Waals surface area contributed by atoms with E-state index in [-0.39, 0.29) is 6.23 Å². The summed E-state index contributed by atoms with van der Waals surface area (Å²) in [6.07, 6.45) is 4.46. The molecule has 1 saturated heterocycles. The summed E-state index contributed by atoms with van der Waals surface area (Å²) in [5.41, 5.74) is 5.05. The van der Waals surface area contributed by atoms with Crippen LogP contribution in [0.5, 0.6) is 0 Å². The molecule has 1 heterocycles. The number of unbranched alkanes of at least 4 members (excludes halogenated alkanes) is 1. The zero-order chi connectivity index (χ0) is 10.4. The number of nitrogens with one attached hydrogen (secondary N) is 1. The first-order valence-corrected chi connectivity index (χ1v) is 7.54. The van der Waals surface area contributed by atoms with Crippen molar-refractivity contribution in [3.63, 3.8) is 0 Å². The van der Waals surface area contributed by atoms with Crippen molar-refractivity contribution in [2.24, 2.45) is 5.73 Å². The number of hydrogen-bond donors (Lipinski definition) is 2. The van der Waals surface area contributed by atoms with Crippen LogP contribution in [0.4, 0.5) is 4.79 Å². The molecular formula is C9H20N2O2Si. The SMILES string of the molecule is CCCC[SiH]1CCCC(NC(N)=O)O1. The lowest BCUT2D eigenvalue weighted by molar-refractivity contribution is 0.140. The minimum Gasteiger partial charge on any atom is -0.400 e. The Morgan fingerprint density at radius 2 is 2.50 bits per heavy atom. The van der Waals surface area contributed by atoms with Gasteiger partial charge < -0.3 is 15.5 Å². The summed E-state index contributed by atoms with van der Waals surface area (Å²) < 4.78 is 5.83. The zero-order valence-electron chi connectivity index (χ0n) is 8.79. The van der Waals surface area contributed by atoms with E-state index in [1.807, 2.05) is 0 Å². The lowest BCUT2D eigenvalue weighted by atomic mass is 10.3. The minimum absolute atomic E-state index is 0.102. The van der Waals surface area contributed by atoms with E-state index in [0.717, 1.165) is 6.42 Å². The highest BCUT2D eigenvalue weighted by atomic mass is 28.3. The molecule has 0 spiro atoms. The van der Waals surface area contributed by atoms with Gasteiger partial charge in [-0.05, 0) is 24.9 Å². The summed E-state index contributed by atoms with van der Waals surface area (Å²) in [5.74, 6) is 0. The van der Waals surface area contributed by atoms with Gasteiger partial charge >= 0.3 is 6.03 Å². The average molecular weight is 216 g/mol. The Hall–Kier alpha value is -0.553. The topological polar surface area (TPSA) is 64.3 Å². The molecule has 82 valence electrons. The second-order valence-corrected chi connectivity index (χ2v) is 6.50. The quantitative estimate of drug-likeness (QED) is 0.696. The van der Waals surface area contributed by atoms with Gasteiger partial charge in [-0.3, -0.25) is 0 Å². The Kier molecular flexibility index (Phi) is 4.96. The standard InChI is InChI=1S/C9H20N2O2Si/c1-2-3-6-14-7-4-5-8(13-14)11-9(10)12/h8,14H,2-7H2,1H3,(H3,10,11,12). The number of urea groups is 1. The Balaban J connectivity index is 2.24. The van der Waals surface area contributed by atoms with Crippen LogP contribution in [-0.4, -0.2) is 21.3 Å². The summed E-state index contributed by atoms with van der Waals surface area (Å²) in [5, 5.41) is 2.64. The van der Waals surface area contributed by atoms with Crippen LogP contribution in [0.25, 0.3) is 0 Å². The van der Waals surface area contributed by atoms with Gasteiger partial charge in [0.1, 0.15) is 6.23 Å². The molecule has 0 saturated carbocycles. The monoisotopic (exact) mass is 216 g/mol. The van der Waals surface area contributed by atoms with Crippen molar-refractivity contribution < 1.29 is 9.22 Å². The molecular weight excluding hydrogens is 196 g/mol. The van der Waals surface area contributed by atoms with E-state index in [1.165, 1.54) is 31.4 Å². The van der Waals surface area contributed by atoms with Crippen LogP contribution in [0.3, 0.4) is 0 Å². The van der Waals surface area contributed by atoms with Crippen molar-refractivity contribution in [2.45, 2.75) is 50.9 Å². The van der Waals surface area contributed by atoms with Crippen LogP contribution in [0, 0.1) is 0 Å². The molecule has 0 aromatic carbocycles. The maximum absolute atomic E-state index is 10.6. The fourth-order valence-corrected chi connectivity index (χ4v) is 4.59. The van der Waals surface area contributed by atoms with E-state index >= 15 is 0 Å². The van der Waals surface area contributed by atoms with E-state index in [4.69, 9.17) is 10.2 Å². The van der Waals surface area contributed by atoms with Gasteiger partial charge in [0.15, 0.2) is 9.04 Å². The number of carbonyl (C=O) groups excluding carboxylic acids is 1. The lowest BCUT2D eigenvalue weighted by Crippen LogP contribution is -2.45. The van der Waals surface area contributed by atoms with Crippen molar-refractivity contribution in [3.8, 4) is 0 Å². The molecule has 2 amide bonds. The fourth-order valence-electron chi connectivity index (χ4n) is 1.81. The summed E-state index contributed by atoms with van der Waals surface area (Å²) >= 11 is 0. The maximum atomic E-state index is 10.6. The molecule has 0 aliphatic carbocycles. The minimum atomic E-state index is -1.03. The second kappa shape index (κ2) is 6.03. The molecule has 1 aliphatic heterocycles. The van der Waals surface area contributed by atoms with Crippen LogP contribution < -0.4 is 11.1 Å². The Bertz CT molecular complexity index is 190. The molecule has 0 bridgehead atoms. The van der Waals surface area contributed by atoms with Gasteiger partial charge in [0.05, 0.1) is 0 Å². The molecule has 0 radical (unpaired) electrons. The van der Waals surface area contributed by atoms with Gasteiger partial charge in [-0.2, -0.15) is 0 Å². The largest absolute Gasteiger partial charge is 0.400 e. The molecule has 14 heavy (non-hydrogen) atoms. The number of primary amides is 1. The van der Waals surface area contributed by atoms with Gasteiger partial charge in [0, 0.05) is 0 Å². The first-order chi connectivity index (χ1) is 6.72. The molecule has 0 aromatic heterocycles. The van der Waals surface area contributed by atoms with Crippen LogP contribution in [-0.2, 0) is 4.43 Å². The predicted octanol–water partition coefficient (Wildman–Crippen LogP) is 1.32. The highest BCUT2D eigenvalue weighted by molar-refractivity contribution is 6.52. The summed E-state index contributed by atoms with van der Waals surface area (Å²) in [6.45, 7) is 2.19. The van der Waals surface area contributed by atoms with Crippen molar-refractivity contribution in [1.82, 2.24) is 5.32 Å². The van der Waals surface area contributed by atoms with E-state index in [9.17, 15) is 4.79 Å². The van der Waals surface area contributed by atoms with Crippen LogP contribution in [0.15, 0.2) is 0 Å². The zero-order valence-corrected chi connectivity index (χ0v) is 9.95. The number of hydrogen-bond acceptors (Lipinski definition) is 2. The van der Waals surface area contributed by atoms with E-state index in [1.54, 1.807) is 0 Å². The Morgan fingerprint density at radius 1 is 1.71 bits per heavy atom. The van der Waals surface area contributed by atoms with E-state index < -0.39 is 15.1 Å². The third kappa shape index (κ3) is 4.10. The van der Waals surface area contributed by atoms with Crippen LogP contribution in [0.1, 0.15) is 32.6 Å². The predicted molar refractivity (Wildman–Crippen MR) is 58.5 cm³/mol. The molecule has 5 heteroatoms. The lowest BCUT2D eigenvalue weighted by Gasteiger charge is -2.29. The molecule has 3 N–H and O–H groups in total. The van der Waals surface area contributed by atoms with Crippen molar-refractivity contribution in [2.75, 3.05) is 0 Å². The Morgan fingerprint density at radius 3 is 3.14 bits per heavy atom. The molecule has 1 rings (SSSR count). The van der Waals surface area contributed by atoms with Gasteiger partial charge in [0.25, 0.3) is 0 Å². The van der Waals surface area contributed by atoms with Gasteiger partial charge in [-0.15, -0.1) is 0 Å². The third-order valence-electron chi connectivity index (χ3n) is 2.53. The molecule has 0 aromatic rings. The van der Waals surface area contributed by atoms with E-state index in [2.05, 4.69) is 12.2 Å². The van der Waals surface area contributed by atoms with Gasteiger partial charge in [-0.25, -0.2) is 4.79 Å².